The lowest BCUT2D eigenvalue weighted by Crippen LogP contribution is -2.37. The molecule has 1 fully saturated rings. The third kappa shape index (κ3) is 6.32. The number of carbonyl (C=O) groups is 1. The molecule has 3 N–H and O–H groups in total. The molecule has 1 atom stereocenters. The van der Waals surface area contributed by atoms with Crippen LogP contribution in [0.3, 0.4) is 0 Å². The average Bonchev–Trinajstić information content (AvgIpc) is 2.60. The second kappa shape index (κ2) is 8.84. The van der Waals surface area contributed by atoms with E-state index >= 15 is 0 Å². The van der Waals surface area contributed by atoms with E-state index in [-0.39, 0.29) is 12.0 Å². The zero-order chi connectivity index (χ0) is 20.1. The van der Waals surface area contributed by atoms with E-state index in [4.69, 9.17) is 0 Å². The van der Waals surface area contributed by atoms with Gasteiger partial charge in [-0.15, -0.1) is 0 Å². The second-order valence-corrected chi connectivity index (χ2v) is 6.84. The Morgan fingerprint density at radius 3 is 2.56 bits per heavy atom. The number of benzene rings is 1. The Labute approximate surface area is 154 Å². The molecule has 8 heteroatoms. The van der Waals surface area contributed by atoms with E-state index in [1.807, 2.05) is 0 Å². The number of alkyl halides is 3. The first kappa shape index (κ1) is 21.4. The van der Waals surface area contributed by atoms with Gasteiger partial charge in [0.15, 0.2) is 0 Å². The van der Waals surface area contributed by atoms with Crippen molar-refractivity contribution in [1.82, 2.24) is 5.32 Å². The Kier molecular flexibility index (Phi) is 7.00. The summed E-state index contributed by atoms with van der Waals surface area (Å²) in [4.78, 5) is 10.7. The molecule has 0 aromatic heterocycles. The SMILES string of the molecule is O=C(NCCC(O)c1cc(C=CC2(O)CCCCC2)ccc1F)C(F)(F)F. The van der Waals surface area contributed by atoms with Crippen molar-refractivity contribution < 1.29 is 32.6 Å². The van der Waals surface area contributed by atoms with Crippen molar-refractivity contribution in [3.63, 3.8) is 0 Å². The molecule has 0 saturated heterocycles. The van der Waals surface area contributed by atoms with E-state index in [2.05, 4.69) is 0 Å². The Balaban J connectivity index is 2.00. The van der Waals surface area contributed by atoms with Gasteiger partial charge in [0.05, 0.1) is 11.7 Å². The summed E-state index contributed by atoms with van der Waals surface area (Å²) >= 11 is 0. The monoisotopic (exact) mass is 389 g/mol. The third-order valence-corrected chi connectivity index (χ3v) is 4.65. The number of rotatable bonds is 6. The molecule has 1 aliphatic carbocycles. The Morgan fingerprint density at radius 1 is 1.26 bits per heavy atom. The molecule has 1 unspecified atom stereocenters. The lowest BCUT2D eigenvalue weighted by atomic mass is 9.84. The van der Waals surface area contributed by atoms with Crippen molar-refractivity contribution in [3.05, 3.63) is 41.2 Å². The molecule has 1 aromatic rings. The van der Waals surface area contributed by atoms with Gasteiger partial charge in [0.25, 0.3) is 0 Å². The maximum absolute atomic E-state index is 14.0. The van der Waals surface area contributed by atoms with Gasteiger partial charge in [-0.25, -0.2) is 4.39 Å². The molecule has 27 heavy (non-hydrogen) atoms. The smallest absolute Gasteiger partial charge is 0.388 e. The molecule has 0 spiro atoms. The van der Waals surface area contributed by atoms with Crippen LogP contribution < -0.4 is 5.32 Å². The Bertz CT molecular complexity index is 682. The van der Waals surface area contributed by atoms with Crippen LogP contribution in [0.4, 0.5) is 17.6 Å². The predicted molar refractivity (Wildman–Crippen MR) is 92.1 cm³/mol. The number of aliphatic hydroxyl groups excluding tert-OH is 1. The van der Waals surface area contributed by atoms with Crippen molar-refractivity contribution in [2.24, 2.45) is 0 Å². The number of halogens is 4. The number of nitrogens with one attached hydrogen (secondary N) is 1. The molecule has 0 heterocycles. The minimum Gasteiger partial charge on any atom is -0.388 e. The van der Waals surface area contributed by atoms with Crippen molar-refractivity contribution in [2.75, 3.05) is 6.54 Å². The summed E-state index contributed by atoms with van der Waals surface area (Å²) in [5.41, 5.74) is -0.411. The van der Waals surface area contributed by atoms with Gasteiger partial charge in [-0.05, 0) is 37.0 Å². The van der Waals surface area contributed by atoms with E-state index < -0.39 is 36.2 Å². The van der Waals surface area contributed by atoms with E-state index in [1.165, 1.54) is 12.1 Å². The highest BCUT2D eigenvalue weighted by molar-refractivity contribution is 5.81. The first-order chi connectivity index (χ1) is 12.6. The van der Waals surface area contributed by atoms with Gasteiger partial charge in [-0.2, -0.15) is 13.2 Å². The van der Waals surface area contributed by atoms with Crippen LogP contribution in [0.25, 0.3) is 6.08 Å². The number of carbonyl (C=O) groups excluding carboxylic acids is 1. The zero-order valence-corrected chi connectivity index (χ0v) is 14.7. The summed E-state index contributed by atoms with van der Waals surface area (Å²) in [7, 11) is 0. The summed E-state index contributed by atoms with van der Waals surface area (Å²) in [6.07, 6.45) is 0.911. The lowest BCUT2D eigenvalue weighted by molar-refractivity contribution is -0.173. The standard InChI is InChI=1S/C19H23F4NO3/c20-15-5-4-13(6-10-18(27)8-2-1-3-9-18)12-14(15)16(25)7-11-24-17(26)19(21,22)23/h4-6,10,12,16,25,27H,1-3,7-9,11H2,(H,24,26). The summed E-state index contributed by atoms with van der Waals surface area (Å²) in [5, 5.41) is 22.2. The van der Waals surface area contributed by atoms with Crippen molar-refractivity contribution in [2.45, 2.75) is 56.4 Å². The van der Waals surface area contributed by atoms with Crippen LogP contribution in [-0.2, 0) is 4.79 Å². The fourth-order valence-corrected chi connectivity index (χ4v) is 3.08. The van der Waals surface area contributed by atoms with Crippen LogP contribution in [0, 0.1) is 5.82 Å². The zero-order valence-electron chi connectivity index (χ0n) is 14.7. The van der Waals surface area contributed by atoms with Crippen LogP contribution in [0.5, 0.6) is 0 Å². The van der Waals surface area contributed by atoms with Gasteiger partial charge in [-0.1, -0.05) is 37.5 Å². The van der Waals surface area contributed by atoms with E-state index in [9.17, 15) is 32.6 Å². The van der Waals surface area contributed by atoms with Crippen LogP contribution >= 0.6 is 0 Å². The van der Waals surface area contributed by atoms with Crippen LogP contribution in [0.2, 0.25) is 0 Å². The Hall–Kier alpha value is -1.93. The van der Waals surface area contributed by atoms with Gasteiger partial charge < -0.3 is 15.5 Å². The highest BCUT2D eigenvalue weighted by atomic mass is 19.4. The molecular formula is C19H23F4NO3. The lowest BCUT2D eigenvalue weighted by Gasteiger charge is -2.28. The summed E-state index contributed by atoms with van der Waals surface area (Å²) < 4.78 is 50.3. The van der Waals surface area contributed by atoms with Crippen LogP contribution in [-0.4, -0.2) is 34.4 Å². The minimum absolute atomic E-state index is 0.0750. The molecule has 2 rings (SSSR count). The molecule has 1 aromatic carbocycles. The van der Waals surface area contributed by atoms with E-state index in [0.29, 0.717) is 18.4 Å². The number of hydrogen-bond acceptors (Lipinski definition) is 3. The predicted octanol–water partition coefficient (Wildman–Crippen LogP) is 3.64. The molecule has 1 amide bonds. The fourth-order valence-electron chi connectivity index (χ4n) is 3.08. The molecule has 150 valence electrons. The molecule has 0 aliphatic heterocycles. The minimum atomic E-state index is -5.00. The van der Waals surface area contributed by atoms with E-state index in [1.54, 1.807) is 17.5 Å². The maximum Gasteiger partial charge on any atom is 0.471 e. The maximum atomic E-state index is 14.0. The molecule has 0 radical (unpaired) electrons. The summed E-state index contributed by atoms with van der Waals surface area (Å²) in [6, 6.07) is 4.02. The summed E-state index contributed by atoms with van der Waals surface area (Å²) in [6.45, 7) is -0.446. The van der Waals surface area contributed by atoms with Crippen LogP contribution in [0.1, 0.15) is 55.8 Å². The van der Waals surface area contributed by atoms with E-state index in [0.717, 1.165) is 25.3 Å². The first-order valence-electron chi connectivity index (χ1n) is 8.85. The van der Waals surface area contributed by atoms with Gasteiger partial charge in [0, 0.05) is 12.1 Å². The Morgan fingerprint density at radius 2 is 1.93 bits per heavy atom. The molecular weight excluding hydrogens is 366 g/mol. The van der Waals surface area contributed by atoms with Crippen LogP contribution in [0.15, 0.2) is 24.3 Å². The quantitative estimate of drug-likeness (QED) is 0.651. The fraction of sp³-hybridized carbons (Fsp3) is 0.526. The normalized spacial score (nSPS) is 18.4. The van der Waals surface area contributed by atoms with Crippen molar-refractivity contribution in [3.8, 4) is 0 Å². The number of amides is 1. The second-order valence-electron chi connectivity index (χ2n) is 6.84. The largest absolute Gasteiger partial charge is 0.471 e. The third-order valence-electron chi connectivity index (χ3n) is 4.65. The first-order valence-corrected chi connectivity index (χ1v) is 8.85. The van der Waals surface area contributed by atoms with Gasteiger partial charge in [0.2, 0.25) is 0 Å². The van der Waals surface area contributed by atoms with Gasteiger partial charge in [0.1, 0.15) is 5.82 Å². The molecule has 1 saturated carbocycles. The molecule has 0 bridgehead atoms. The average molecular weight is 389 g/mol. The van der Waals surface area contributed by atoms with Gasteiger partial charge >= 0.3 is 12.1 Å². The molecule has 4 nitrogen and oxygen atoms in total. The van der Waals surface area contributed by atoms with Crippen molar-refractivity contribution in [1.29, 1.82) is 0 Å². The summed E-state index contributed by atoms with van der Waals surface area (Å²) in [5.74, 6) is -2.80. The van der Waals surface area contributed by atoms with Gasteiger partial charge in [-0.3, -0.25) is 4.79 Å². The highest BCUT2D eigenvalue weighted by Crippen LogP contribution is 2.30. The number of aliphatic hydroxyl groups is 2. The molecule has 1 aliphatic rings. The van der Waals surface area contributed by atoms with Crippen molar-refractivity contribution >= 4 is 12.0 Å². The highest BCUT2D eigenvalue weighted by Gasteiger charge is 2.38. The number of hydrogen-bond donors (Lipinski definition) is 3. The topological polar surface area (TPSA) is 69.6 Å².